The van der Waals surface area contributed by atoms with Crippen LogP contribution in [0.25, 0.3) is 0 Å². The topological polar surface area (TPSA) is 89.4 Å². The van der Waals surface area contributed by atoms with E-state index < -0.39 is 11.3 Å². The van der Waals surface area contributed by atoms with Crippen molar-refractivity contribution >= 4 is 11.8 Å². The van der Waals surface area contributed by atoms with Gasteiger partial charge in [-0.25, -0.2) is 0 Å². The summed E-state index contributed by atoms with van der Waals surface area (Å²) in [5.41, 5.74) is -0.386. The number of rotatable bonds is 7. The van der Waals surface area contributed by atoms with E-state index in [2.05, 4.69) is 10.6 Å². The highest BCUT2D eigenvalue weighted by atomic mass is 16.5. The molecule has 0 bridgehead atoms. The van der Waals surface area contributed by atoms with E-state index in [4.69, 9.17) is 4.74 Å². The number of hydrogen-bond acceptors (Lipinski definition) is 4. The molecule has 2 heterocycles. The van der Waals surface area contributed by atoms with Crippen LogP contribution in [0.2, 0.25) is 0 Å². The van der Waals surface area contributed by atoms with Crippen molar-refractivity contribution in [3.8, 4) is 0 Å². The van der Waals surface area contributed by atoms with Crippen LogP contribution in [0.3, 0.4) is 0 Å². The van der Waals surface area contributed by atoms with E-state index in [0.29, 0.717) is 19.0 Å². The van der Waals surface area contributed by atoms with E-state index in [1.54, 1.807) is 17.0 Å². The van der Waals surface area contributed by atoms with Crippen molar-refractivity contribution in [3.63, 3.8) is 0 Å². The van der Waals surface area contributed by atoms with Crippen LogP contribution in [0.5, 0.6) is 0 Å². The summed E-state index contributed by atoms with van der Waals surface area (Å²) >= 11 is 0. The predicted molar refractivity (Wildman–Crippen MR) is 118 cm³/mol. The number of hydrogen-bond donors (Lipinski definition) is 2. The smallest absolute Gasteiger partial charge is 0.256 e. The van der Waals surface area contributed by atoms with Crippen molar-refractivity contribution in [2.75, 3.05) is 13.2 Å². The standard InChI is InChI=1S/C24H35N3O4/c28-22-20(23(29)25-13-17-10-11-17)15-27(14-19-9-6-12-31-19)16-21(22)24(30)26-18-7-4-2-1-3-5-8-18/h15-19H,1-14H2,(H,25,29)(H,26,30). The molecule has 1 aliphatic heterocycles. The Hall–Kier alpha value is -2.15. The molecule has 1 atom stereocenters. The summed E-state index contributed by atoms with van der Waals surface area (Å²) < 4.78 is 7.51. The first kappa shape index (κ1) is 22.1. The van der Waals surface area contributed by atoms with Crippen molar-refractivity contribution in [2.45, 2.75) is 89.3 Å². The van der Waals surface area contributed by atoms with E-state index in [1.807, 2.05) is 0 Å². The van der Waals surface area contributed by atoms with Gasteiger partial charge in [0.1, 0.15) is 11.1 Å². The Labute approximate surface area is 183 Å². The second kappa shape index (κ2) is 10.4. The number of pyridine rings is 1. The lowest BCUT2D eigenvalue weighted by Gasteiger charge is -2.21. The van der Waals surface area contributed by atoms with Crippen molar-refractivity contribution in [1.29, 1.82) is 0 Å². The van der Waals surface area contributed by atoms with Crippen molar-refractivity contribution in [3.05, 3.63) is 33.7 Å². The van der Waals surface area contributed by atoms with Gasteiger partial charge in [-0.15, -0.1) is 0 Å². The molecule has 1 unspecified atom stereocenters. The number of aromatic nitrogens is 1. The SMILES string of the molecule is O=C(NCC1CC1)c1cn(CC2CCCO2)cc(C(=O)NC2CCCCCCC2)c1=O. The van der Waals surface area contributed by atoms with Gasteiger partial charge in [0.2, 0.25) is 5.43 Å². The van der Waals surface area contributed by atoms with Crippen LogP contribution in [0, 0.1) is 5.92 Å². The summed E-state index contributed by atoms with van der Waals surface area (Å²) in [6, 6.07) is 0.0890. The number of carbonyl (C=O) groups is 2. The zero-order valence-corrected chi connectivity index (χ0v) is 18.4. The Morgan fingerprint density at radius 1 is 0.903 bits per heavy atom. The maximum Gasteiger partial charge on any atom is 0.256 e. The molecule has 1 aromatic rings. The highest BCUT2D eigenvalue weighted by molar-refractivity contribution is 5.99. The molecule has 3 fully saturated rings. The van der Waals surface area contributed by atoms with Crippen LogP contribution in [0.15, 0.2) is 17.2 Å². The van der Waals surface area contributed by atoms with Crippen LogP contribution in [0.1, 0.15) is 91.3 Å². The molecule has 170 valence electrons. The quantitative estimate of drug-likeness (QED) is 0.697. The summed E-state index contributed by atoms with van der Waals surface area (Å²) in [6.07, 6.45) is 15.1. The number of carbonyl (C=O) groups excluding carboxylic acids is 2. The van der Waals surface area contributed by atoms with Crippen LogP contribution >= 0.6 is 0 Å². The molecule has 2 amide bonds. The van der Waals surface area contributed by atoms with Crippen LogP contribution in [-0.4, -0.2) is 41.7 Å². The van der Waals surface area contributed by atoms with Gasteiger partial charge in [0.25, 0.3) is 11.8 Å². The molecule has 2 saturated carbocycles. The van der Waals surface area contributed by atoms with Gasteiger partial charge in [-0.3, -0.25) is 14.4 Å². The monoisotopic (exact) mass is 429 g/mol. The Kier molecular flexibility index (Phi) is 7.43. The van der Waals surface area contributed by atoms with Gasteiger partial charge in [-0.2, -0.15) is 0 Å². The van der Waals surface area contributed by atoms with Gasteiger partial charge in [0.05, 0.1) is 6.10 Å². The third-order valence-electron chi connectivity index (χ3n) is 6.70. The molecule has 1 aromatic heterocycles. The lowest BCUT2D eigenvalue weighted by Crippen LogP contribution is -2.40. The molecular formula is C24H35N3O4. The maximum absolute atomic E-state index is 13.1. The van der Waals surface area contributed by atoms with E-state index >= 15 is 0 Å². The molecule has 7 heteroatoms. The van der Waals surface area contributed by atoms with Crippen LogP contribution in [0.4, 0.5) is 0 Å². The minimum Gasteiger partial charge on any atom is -0.376 e. The summed E-state index contributed by atoms with van der Waals surface area (Å²) in [5.74, 6) is -0.240. The molecule has 2 aliphatic carbocycles. The van der Waals surface area contributed by atoms with Crippen LogP contribution in [-0.2, 0) is 11.3 Å². The van der Waals surface area contributed by atoms with Gasteiger partial charge >= 0.3 is 0 Å². The first-order valence-electron chi connectivity index (χ1n) is 12.0. The highest BCUT2D eigenvalue weighted by Gasteiger charge is 2.26. The third-order valence-corrected chi connectivity index (χ3v) is 6.70. The maximum atomic E-state index is 13.1. The molecule has 2 N–H and O–H groups in total. The van der Waals surface area contributed by atoms with Crippen LogP contribution < -0.4 is 16.1 Å². The average molecular weight is 430 g/mol. The number of amides is 2. The van der Waals surface area contributed by atoms with E-state index in [0.717, 1.165) is 58.0 Å². The van der Waals surface area contributed by atoms with Crippen molar-refractivity contribution in [1.82, 2.24) is 15.2 Å². The summed E-state index contributed by atoms with van der Waals surface area (Å²) in [6.45, 7) is 1.85. The number of nitrogens with zero attached hydrogens (tertiary/aromatic N) is 1. The van der Waals surface area contributed by atoms with Gasteiger partial charge in [0, 0.05) is 38.1 Å². The fraction of sp³-hybridized carbons (Fsp3) is 0.708. The fourth-order valence-electron chi connectivity index (χ4n) is 4.60. The Morgan fingerprint density at radius 3 is 2.23 bits per heavy atom. The third kappa shape index (κ3) is 6.19. The zero-order chi connectivity index (χ0) is 21.6. The zero-order valence-electron chi connectivity index (χ0n) is 18.4. The molecule has 0 aromatic carbocycles. The predicted octanol–water partition coefficient (Wildman–Crippen LogP) is 3.01. The first-order valence-corrected chi connectivity index (χ1v) is 12.0. The van der Waals surface area contributed by atoms with Gasteiger partial charge in [-0.05, 0) is 44.4 Å². The van der Waals surface area contributed by atoms with Gasteiger partial charge in [-0.1, -0.05) is 32.1 Å². The van der Waals surface area contributed by atoms with Crippen molar-refractivity contribution in [2.24, 2.45) is 5.92 Å². The van der Waals surface area contributed by atoms with Crippen molar-refractivity contribution < 1.29 is 14.3 Å². The Bertz CT molecular complexity index is 832. The number of nitrogens with one attached hydrogen (secondary N) is 2. The summed E-state index contributed by atoms with van der Waals surface area (Å²) in [5, 5.41) is 5.95. The van der Waals surface area contributed by atoms with E-state index in [9.17, 15) is 14.4 Å². The largest absolute Gasteiger partial charge is 0.376 e. The molecule has 3 aliphatic rings. The minimum atomic E-state index is -0.486. The minimum absolute atomic E-state index is 0.0453. The summed E-state index contributed by atoms with van der Waals surface area (Å²) in [7, 11) is 0. The molecule has 31 heavy (non-hydrogen) atoms. The molecule has 7 nitrogen and oxygen atoms in total. The van der Waals surface area contributed by atoms with Gasteiger partial charge < -0.3 is 19.9 Å². The molecular weight excluding hydrogens is 394 g/mol. The molecule has 1 saturated heterocycles. The summed E-state index contributed by atoms with van der Waals surface area (Å²) in [4.78, 5) is 38.9. The molecule has 0 radical (unpaired) electrons. The first-order chi connectivity index (χ1) is 15.1. The van der Waals surface area contributed by atoms with Gasteiger partial charge in [0.15, 0.2) is 0 Å². The molecule has 0 spiro atoms. The number of ether oxygens (including phenoxy) is 1. The fourth-order valence-corrected chi connectivity index (χ4v) is 4.60. The lowest BCUT2D eigenvalue weighted by atomic mass is 9.96. The Morgan fingerprint density at radius 2 is 1.58 bits per heavy atom. The van der Waals surface area contributed by atoms with E-state index in [1.165, 1.54) is 19.3 Å². The normalized spacial score (nSPS) is 22.5. The van der Waals surface area contributed by atoms with E-state index in [-0.39, 0.29) is 29.2 Å². The second-order valence-corrected chi connectivity index (χ2v) is 9.42. The Balaban J connectivity index is 1.54. The second-order valence-electron chi connectivity index (χ2n) is 9.42. The highest BCUT2D eigenvalue weighted by Crippen LogP contribution is 2.27. The molecule has 4 rings (SSSR count). The lowest BCUT2D eigenvalue weighted by molar-refractivity contribution is 0.0914. The average Bonchev–Trinajstić information content (AvgIpc) is 3.43.